The SMILES string of the molecule is Cc1noc(C)c1S(=O)(=O)Nc1ccc(N2CCCc3ccccc32)nc1. The van der Waals surface area contributed by atoms with Gasteiger partial charge >= 0.3 is 0 Å². The number of rotatable bonds is 4. The molecule has 0 fully saturated rings. The van der Waals surface area contributed by atoms with Crippen LogP contribution in [0.15, 0.2) is 52.0 Å². The highest BCUT2D eigenvalue weighted by molar-refractivity contribution is 7.92. The van der Waals surface area contributed by atoms with Gasteiger partial charge in [0, 0.05) is 12.2 Å². The van der Waals surface area contributed by atoms with Crippen LogP contribution in [0.3, 0.4) is 0 Å². The van der Waals surface area contributed by atoms with Gasteiger partial charge in [-0.3, -0.25) is 4.72 Å². The Kier molecular flexibility index (Phi) is 4.35. The Hall–Kier alpha value is -2.87. The topological polar surface area (TPSA) is 88.3 Å². The third-order valence-electron chi connectivity index (χ3n) is 4.62. The number of aromatic nitrogens is 2. The average molecular weight is 384 g/mol. The van der Waals surface area contributed by atoms with Crippen LogP contribution in [0.2, 0.25) is 0 Å². The minimum Gasteiger partial charge on any atom is -0.360 e. The van der Waals surface area contributed by atoms with E-state index in [9.17, 15) is 8.42 Å². The van der Waals surface area contributed by atoms with Gasteiger partial charge in [-0.05, 0) is 50.5 Å². The van der Waals surface area contributed by atoms with E-state index >= 15 is 0 Å². The summed E-state index contributed by atoms with van der Waals surface area (Å²) in [5.41, 5.74) is 3.17. The van der Waals surface area contributed by atoms with E-state index < -0.39 is 10.0 Å². The van der Waals surface area contributed by atoms with Crippen molar-refractivity contribution >= 4 is 27.2 Å². The summed E-state index contributed by atoms with van der Waals surface area (Å²) < 4.78 is 32.7. The molecule has 2 aromatic heterocycles. The van der Waals surface area contributed by atoms with E-state index in [-0.39, 0.29) is 10.7 Å². The number of nitrogens with one attached hydrogen (secondary N) is 1. The molecule has 140 valence electrons. The lowest BCUT2D eigenvalue weighted by Gasteiger charge is -2.30. The van der Waals surface area contributed by atoms with Gasteiger partial charge in [-0.1, -0.05) is 23.4 Å². The number of hydrogen-bond acceptors (Lipinski definition) is 6. The summed E-state index contributed by atoms with van der Waals surface area (Å²) >= 11 is 0. The Morgan fingerprint density at radius 1 is 1.15 bits per heavy atom. The van der Waals surface area contributed by atoms with Crippen LogP contribution in [0.1, 0.15) is 23.4 Å². The molecule has 8 heteroatoms. The Morgan fingerprint density at radius 3 is 2.67 bits per heavy atom. The Bertz CT molecular complexity index is 1060. The smallest absolute Gasteiger partial charge is 0.267 e. The average Bonchev–Trinajstić information content (AvgIpc) is 3.01. The predicted octanol–water partition coefficient (Wildman–Crippen LogP) is 3.57. The number of hydrogen-bond donors (Lipinski definition) is 1. The number of para-hydroxylation sites is 1. The molecule has 1 aromatic carbocycles. The fraction of sp³-hybridized carbons (Fsp3) is 0.263. The molecule has 27 heavy (non-hydrogen) atoms. The fourth-order valence-electron chi connectivity index (χ4n) is 3.44. The quantitative estimate of drug-likeness (QED) is 0.740. The third-order valence-corrected chi connectivity index (χ3v) is 6.25. The van der Waals surface area contributed by atoms with Crippen molar-refractivity contribution in [3.8, 4) is 0 Å². The highest BCUT2D eigenvalue weighted by Gasteiger charge is 2.24. The zero-order valence-corrected chi connectivity index (χ0v) is 16.0. The van der Waals surface area contributed by atoms with Crippen molar-refractivity contribution in [3.05, 3.63) is 59.6 Å². The van der Waals surface area contributed by atoms with E-state index in [4.69, 9.17) is 4.52 Å². The minimum atomic E-state index is -3.78. The first-order valence-corrected chi connectivity index (χ1v) is 10.2. The van der Waals surface area contributed by atoms with Crippen LogP contribution in [-0.4, -0.2) is 25.1 Å². The molecule has 0 atom stereocenters. The fourth-order valence-corrected chi connectivity index (χ4v) is 4.82. The first kappa shape index (κ1) is 17.5. The Morgan fingerprint density at radius 2 is 1.96 bits per heavy atom. The van der Waals surface area contributed by atoms with Gasteiger partial charge in [0.2, 0.25) is 0 Å². The second-order valence-corrected chi connectivity index (χ2v) is 8.17. The van der Waals surface area contributed by atoms with Gasteiger partial charge in [0.1, 0.15) is 11.5 Å². The van der Waals surface area contributed by atoms with Crippen LogP contribution >= 0.6 is 0 Å². The van der Waals surface area contributed by atoms with Crippen LogP contribution in [0.5, 0.6) is 0 Å². The number of pyridine rings is 1. The number of benzene rings is 1. The van der Waals surface area contributed by atoms with Crippen LogP contribution in [-0.2, 0) is 16.4 Å². The highest BCUT2D eigenvalue weighted by Crippen LogP contribution is 2.32. The van der Waals surface area contributed by atoms with Crippen molar-refractivity contribution in [3.63, 3.8) is 0 Å². The molecule has 1 aliphatic rings. The van der Waals surface area contributed by atoms with Crippen molar-refractivity contribution in [2.45, 2.75) is 31.6 Å². The molecule has 3 aromatic rings. The minimum absolute atomic E-state index is 0.0662. The molecule has 1 aliphatic heterocycles. The van der Waals surface area contributed by atoms with E-state index in [2.05, 4.69) is 31.9 Å². The Labute approximate surface area is 158 Å². The number of aryl methyl sites for hydroxylation is 3. The molecule has 1 N–H and O–H groups in total. The molecule has 0 radical (unpaired) electrons. The summed E-state index contributed by atoms with van der Waals surface area (Å²) in [7, 11) is -3.78. The van der Waals surface area contributed by atoms with Gasteiger partial charge in [-0.2, -0.15) is 0 Å². The molecule has 7 nitrogen and oxygen atoms in total. The van der Waals surface area contributed by atoms with E-state index in [0.29, 0.717) is 11.4 Å². The number of sulfonamides is 1. The standard InChI is InChI=1S/C19H20N4O3S/c1-13-19(14(2)26-21-13)27(24,25)22-16-9-10-18(20-12-16)23-11-5-7-15-6-3-4-8-17(15)23/h3-4,6,8-10,12,22H,5,7,11H2,1-2H3. The van der Waals surface area contributed by atoms with Crippen LogP contribution in [0.25, 0.3) is 0 Å². The number of nitrogens with zero attached hydrogens (tertiary/aromatic N) is 3. The molecular weight excluding hydrogens is 364 g/mol. The van der Waals surface area contributed by atoms with Crippen molar-refractivity contribution < 1.29 is 12.9 Å². The van der Waals surface area contributed by atoms with Gasteiger partial charge in [-0.25, -0.2) is 13.4 Å². The van der Waals surface area contributed by atoms with Crippen LogP contribution in [0.4, 0.5) is 17.2 Å². The predicted molar refractivity (Wildman–Crippen MR) is 103 cm³/mol. The van der Waals surface area contributed by atoms with Crippen LogP contribution in [0, 0.1) is 13.8 Å². The Balaban J connectivity index is 1.59. The lowest BCUT2D eigenvalue weighted by Crippen LogP contribution is -2.25. The van der Waals surface area contributed by atoms with E-state index in [1.165, 1.54) is 11.8 Å². The van der Waals surface area contributed by atoms with Gasteiger partial charge in [0.25, 0.3) is 10.0 Å². The molecule has 0 saturated carbocycles. The summed E-state index contributed by atoms with van der Waals surface area (Å²) in [6, 6.07) is 11.8. The van der Waals surface area contributed by atoms with Gasteiger partial charge in [0.15, 0.2) is 10.7 Å². The maximum atomic E-state index is 12.6. The zero-order valence-electron chi connectivity index (χ0n) is 15.1. The molecule has 0 spiro atoms. The molecule has 0 aliphatic carbocycles. The van der Waals surface area contributed by atoms with Crippen molar-refractivity contribution in [1.29, 1.82) is 0 Å². The van der Waals surface area contributed by atoms with Gasteiger partial charge in [-0.15, -0.1) is 0 Å². The molecule has 0 saturated heterocycles. The molecular formula is C19H20N4O3S. The number of anilines is 3. The summed E-state index contributed by atoms with van der Waals surface area (Å²) in [5.74, 6) is 1.05. The van der Waals surface area contributed by atoms with Crippen molar-refractivity contribution in [2.75, 3.05) is 16.2 Å². The van der Waals surface area contributed by atoms with Crippen LogP contribution < -0.4 is 9.62 Å². The summed E-state index contributed by atoms with van der Waals surface area (Å²) in [5, 5.41) is 3.70. The monoisotopic (exact) mass is 384 g/mol. The summed E-state index contributed by atoms with van der Waals surface area (Å²) in [6.45, 7) is 4.05. The summed E-state index contributed by atoms with van der Waals surface area (Å²) in [6.07, 6.45) is 3.64. The molecule has 3 heterocycles. The second kappa shape index (κ2) is 6.70. The maximum Gasteiger partial charge on any atom is 0.267 e. The maximum absolute atomic E-state index is 12.6. The van der Waals surface area contributed by atoms with E-state index in [1.54, 1.807) is 19.9 Å². The van der Waals surface area contributed by atoms with E-state index in [1.807, 2.05) is 18.2 Å². The zero-order chi connectivity index (χ0) is 19.0. The van der Waals surface area contributed by atoms with Gasteiger partial charge in [0.05, 0.1) is 11.9 Å². The van der Waals surface area contributed by atoms with Crippen molar-refractivity contribution in [1.82, 2.24) is 10.1 Å². The lowest BCUT2D eigenvalue weighted by molar-refractivity contribution is 0.390. The first-order valence-electron chi connectivity index (χ1n) is 8.73. The first-order chi connectivity index (χ1) is 13.0. The largest absolute Gasteiger partial charge is 0.360 e. The summed E-state index contributed by atoms with van der Waals surface area (Å²) in [4.78, 5) is 6.70. The molecule has 0 amide bonds. The second-order valence-electron chi connectivity index (χ2n) is 6.55. The number of fused-ring (bicyclic) bond motifs is 1. The highest BCUT2D eigenvalue weighted by atomic mass is 32.2. The lowest BCUT2D eigenvalue weighted by atomic mass is 10.0. The molecule has 0 unspecified atom stereocenters. The molecule has 0 bridgehead atoms. The normalized spacial score (nSPS) is 14.1. The van der Waals surface area contributed by atoms with E-state index in [0.717, 1.165) is 30.9 Å². The van der Waals surface area contributed by atoms with Crippen molar-refractivity contribution in [2.24, 2.45) is 0 Å². The van der Waals surface area contributed by atoms with Gasteiger partial charge < -0.3 is 9.42 Å². The molecule has 4 rings (SSSR count). The third kappa shape index (κ3) is 3.28.